The molecule has 162 valence electrons. The van der Waals surface area contributed by atoms with Crippen LogP contribution in [0.3, 0.4) is 0 Å². The Labute approximate surface area is 186 Å². The van der Waals surface area contributed by atoms with E-state index in [1.54, 1.807) is 0 Å². The molecule has 3 aliphatic rings. The Morgan fingerprint density at radius 2 is 1.55 bits per heavy atom. The summed E-state index contributed by atoms with van der Waals surface area (Å²) >= 11 is 0. The first-order chi connectivity index (χ1) is 15.0. The first-order valence-corrected chi connectivity index (χ1v) is 11.7. The first kappa shape index (κ1) is 20.3. The minimum atomic E-state index is 0.00908. The van der Waals surface area contributed by atoms with Crippen LogP contribution < -0.4 is 4.90 Å². The van der Waals surface area contributed by atoms with Crippen molar-refractivity contribution >= 4 is 17.3 Å². The summed E-state index contributed by atoms with van der Waals surface area (Å²) < 4.78 is 0. The number of fused-ring (bicyclic) bond motifs is 3. The summed E-state index contributed by atoms with van der Waals surface area (Å²) in [7, 11) is 2.13. The Hall–Kier alpha value is -2.59. The third kappa shape index (κ3) is 3.11. The van der Waals surface area contributed by atoms with Crippen molar-refractivity contribution in [2.24, 2.45) is 0 Å². The summed E-state index contributed by atoms with van der Waals surface area (Å²) in [5, 5.41) is 0. The van der Waals surface area contributed by atoms with Crippen molar-refractivity contribution < 1.29 is 4.79 Å². The maximum Gasteiger partial charge on any atom is 0.254 e. The smallest absolute Gasteiger partial charge is 0.254 e. The number of hydrogen-bond donors (Lipinski definition) is 0. The van der Waals surface area contributed by atoms with E-state index in [4.69, 9.17) is 0 Å². The van der Waals surface area contributed by atoms with Crippen LogP contribution in [0.2, 0.25) is 0 Å². The van der Waals surface area contributed by atoms with Crippen molar-refractivity contribution in [2.45, 2.75) is 58.2 Å². The van der Waals surface area contributed by atoms with Gasteiger partial charge in [0.25, 0.3) is 5.91 Å². The molecule has 2 atom stereocenters. The molecule has 1 saturated heterocycles. The van der Waals surface area contributed by atoms with E-state index in [0.29, 0.717) is 0 Å². The average Bonchev–Trinajstić information content (AvgIpc) is 2.88. The molecule has 2 aromatic carbocycles. The molecule has 1 fully saturated rings. The van der Waals surface area contributed by atoms with Crippen LogP contribution in [-0.4, -0.2) is 41.9 Å². The number of carbonyl (C=O) groups excluding carboxylic acids is 1. The maximum absolute atomic E-state index is 14.3. The molecular formula is C27H33N3O. The van der Waals surface area contributed by atoms with Gasteiger partial charge in [-0.1, -0.05) is 48.9 Å². The minimum Gasteiger partial charge on any atom is -0.343 e. The predicted molar refractivity (Wildman–Crippen MR) is 127 cm³/mol. The van der Waals surface area contributed by atoms with Crippen LogP contribution >= 0.6 is 0 Å². The summed E-state index contributed by atoms with van der Waals surface area (Å²) in [5.74, 6) is 0.186. The molecule has 31 heavy (non-hydrogen) atoms. The van der Waals surface area contributed by atoms with Crippen LogP contribution in [0, 0.1) is 0 Å². The lowest BCUT2D eigenvalue weighted by Gasteiger charge is -2.43. The summed E-state index contributed by atoms with van der Waals surface area (Å²) in [5.41, 5.74) is 6.94. The number of nitrogens with zero attached hydrogens (tertiary/aromatic N) is 3. The Balaban J connectivity index is 1.81. The zero-order valence-electron chi connectivity index (χ0n) is 19.1. The molecular weight excluding hydrogens is 382 g/mol. The SMILES string of the molecule is CC(C)N1C(=O)C2=C(c3ccccc3[C@@H]1C)N(C)c1ccccc1[C@H]2N1CCCCC1. The predicted octanol–water partition coefficient (Wildman–Crippen LogP) is 5.39. The molecule has 0 saturated carbocycles. The minimum absolute atomic E-state index is 0.00908. The van der Waals surface area contributed by atoms with Crippen LogP contribution in [0.15, 0.2) is 54.1 Å². The molecule has 0 unspecified atom stereocenters. The van der Waals surface area contributed by atoms with Gasteiger partial charge in [0, 0.05) is 24.3 Å². The zero-order chi connectivity index (χ0) is 21.7. The number of amides is 1. The molecule has 2 aromatic rings. The standard InChI is InChI=1S/C27H33N3O/c1-18(2)30-19(3)20-12-6-7-13-21(20)25-24(27(30)31)26(29-16-10-5-11-17-29)22-14-8-9-15-23(22)28(25)4/h6-9,12-15,18-19,26H,5,10-11,16-17H2,1-4H3/t19-,26+/m0/s1. The topological polar surface area (TPSA) is 26.8 Å². The van der Waals surface area contributed by atoms with E-state index in [-0.39, 0.29) is 24.0 Å². The molecule has 5 rings (SSSR count). The van der Waals surface area contributed by atoms with Gasteiger partial charge >= 0.3 is 0 Å². The quantitative estimate of drug-likeness (QED) is 0.658. The number of hydrogen-bond acceptors (Lipinski definition) is 3. The van der Waals surface area contributed by atoms with Gasteiger partial charge in [0.2, 0.25) is 0 Å². The van der Waals surface area contributed by atoms with Gasteiger partial charge in [-0.25, -0.2) is 0 Å². The summed E-state index contributed by atoms with van der Waals surface area (Å²) in [4.78, 5) is 21.2. The highest BCUT2D eigenvalue weighted by Gasteiger charge is 2.44. The van der Waals surface area contributed by atoms with Crippen LogP contribution in [0.25, 0.3) is 5.70 Å². The molecule has 0 aromatic heterocycles. The van der Waals surface area contributed by atoms with Crippen LogP contribution in [-0.2, 0) is 4.79 Å². The van der Waals surface area contributed by atoms with E-state index >= 15 is 0 Å². The fourth-order valence-corrected chi connectivity index (χ4v) is 5.93. The molecule has 3 heterocycles. The Kier molecular flexibility index (Phi) is 5.13. The third-order valence-electron chi connectivity index (χ3n) is 7.32. The molecule has 0 radical (unpaired) electrons. The number of piperidine rings is 1. The number of anilines is 1. The lowest BCUT2D eigenvalue weighted by Crippen LogP contribution is -2.45. The van der Waals surface area contributed by atoms with Gasteiger partial charge in [-0.15, -0.1) is 0 Å². The highest BCUT2D eigenvalue weighted by atomic mass is 16.2. The largest absolute Gasteiger partial charge is 0.343 e. The first-order valence-electron chi connectivity index (χ1n) is 11.7. The Morgan fingerprint density at radius 3 is 2.26 bits per heavy atom. The Bertz CT molecular complexity index is 1030. The fourth-order valence-electron chi connectivity index (χ4n) is 5.93. The second kappa shape index (κ2) is 7.83. The van der Waals surface area contributed by atoms with E-state index in [9.17, 15) is 4.79 Å². The number of benzene rings is 2. The van der Waals surface area contributed by atoms with Gasteiger partial charge in [-0.2, -0.15) is 0 Å². The fraction of sp³-hybridized carbons (Fsp3) is 0.444. The molecule has 0 N–H and O–H groups in total. The second-order valence-electron chi connectivity index (χ2n) is 9.45. The van der Waals surface area contributed by atoms with Gasteiger partial charge in [0.1, 0.15) is 0 Å². The van der Waals surface area contributed by atoms with E-state index in [1.165, 1.54) is 41.6 Å². The van der Waals surface area contributed by atoms with Gasteiger partial charge < -0.3 is 9.80 Å². The number of carbonyl (C=O) groups is 1. The second-order valence-corrected chi connectivity index (χ2v) is 9.45. The monoisotopic (exact) mass is 415 g/mol. The number of rotatable bonds is 2. The molecule has 3 aliphatic heterocycles. The maximum atomic E-state index is 14.3. The molecule has 4 nitrogen and oxygen atoms in total. The van der Waals surface area contributed by atoms with Gasteiger partial charge in [-0.05, 0) is 63.9 Å². The van der Waals surface area contributed by atoms with Crippen molar-refractivity contribution in [2.75, 3.05) is 25.0 Å². The van der Waals surface area contributed by atoms with E-state index in [2.05, 4.69) is 91.0 Å². The van der Waals surface area contributed by atoms with Crippen LogP contribution in [0.5, 0.6) is 0 Å². The number of para-hydroxylation sites is 1. The van der Waals surface area contributed by atoms with Gasteiger partial charge in [0.15, 0.2) is 0 Å². The van der Waals surface area contributed by atoms with Crippen molar-refractivity contribution in [1.82, 2.24) is 9.80 Å². The number of likely N-dealkylation sites (tertiary alicyclic amines) is 1. The zero-order valence-corrected chi connectivity index (χ0v) is 19.1. The van der Waals surface area contributed by atoms with E-state index in [1.807, 2.05) is 0 Å². The lowest BCUT2D eigenvalue weighted by molar-refractivity contribution is -0.131. The van der Waals surface area contributed by atoms with E-state index < -0.39 is 0 Å². The molecule has 0 bridgehead atoms. The van der Waals surface area contributed by atoms with Crippen LogP contribution in [0.4, 0.5) is 5.69 Å². The molecule has 0 spiro atoms. The van der Waals surface area contributed by atoms with E-state index in [0.717, 1.165) is 24.4 Å². The average molecular weight is 416 g/mol. The normalized spacial score (nSPS) is 24.1. The lowest BCUT2D eigenvalue weighted by atomic mass is 9.85. The summed E-state index contributed by atoms with van der Waals surface area (Å²) in [6, 6.07) is 17.4. The third-order valence-corrected chi connectivity index (χ3v) is 7.32. The molecule has 0 aliphatic carbocycles. The van der Waals surface area contributed by atoms with Gasteiger partial charge in [0.05, 0.1) is 23.4 Å². The van der Waals surface area contributed by atoms with Crippen molar-refractivity contribution in [3.63, 3.8) is 0 Å². The van der Waals surface area contributed by atoms with Crippen LogP contribution in [0.1, 0.15) is 68.8 Å². The van der Waals surface area contributed by atoms with Crippen molar-refractivity contribution in [1.29, 1.82) is 0 Å². The summed E-state index contributed by atoms with van der Waals surface area (Å²) in [6.45, 7) is 8.55. The highest BCUT2D eigenvalue weighted by Crippen LogP contribution is 2.50. The molecule has 4 heteroatoms. The summed E-state index contributed by atoms with van der Waals surface area (Å²) in [6.07, 6.45) is 3.68. The van der Waals surface area contributed by atoms with Gasteiger partial charge in [-0.3, -0.25) is 9.69 Å². The highest BCUT2D eigenvalue weighted by molar-refractivity contribution is 6.08. The molecule has 1 amide bonds. The van der Waals surface area contributed by atoms with Crippen molar-refractivity contribution in [3.8, 4) is 0 Å². The Morgan fingerprint density at radius 1 is 0.903 bits per heavy atom. The van der Waals surface area contributed by atoms with Crippen molar-refractivity contribution in [3.05, 3.63) is 70.8 Å².